The Kier molecular flexibility index (Phi) is 6.14. The van der Waals surface area contributed by atoms with Crippen molar-refractivity contribution in [3.05, 3.63) is 30.1 Å². The van der Waals surface area contributed by atoms with Crippen LogP contribution in [-0.2, 0) is 4.79 Å². The lowest BCUT2D eigenvalue weighted by Crippen LogP contribution is -2.38. The molecule has 0 bridgehead atoms. The first-order chi connectivity index (χ1) is 8.65. The van der Waals surface area contributed by atoms with Crippen LogP contribution in [-0.4, -0.2) is 30.3 Å². The predicted molar refractivity (Wildman–Crippen MR) is 66.2 cm³/mol. The second-order valence-corrected chi connectivity index (χ2v) is 3.91. The average molecular weight is 255 g/mol. The minimum atomic E-state index is -0.872. The first-order valence-corrected chi connectivity index (χ1v) is 5.98. The molecule has 0 aliphatic carbocycles. The number of halogens is 1. The molecule has 1 aromatic rings. The van der Waals surface area contributed by atoms with E-state index in [9.17, 15) is 9.18 Å². The van der Waals surface area contributed by atoms with Gasteiger partial charge in [0.2, 0.25) is 0 Å². The average Bonchev–Trinajstić information content (AvgIpc) is 2.35. The summed E-state index contributed by atoms with van der Waals surface area (Å²) < 4.78 is 18.4. The van der Waals surface area contributed by atoms with Gasteiger partial charge in [-0.1, -0.05) is 25.5 Å². The summed E-state index contributed by atoms with van der Waals surface area (Å²) in [5, 5.41) is 11.8. The number of aliphatic carboxylic acids is 1. The Morgan fingerprint density at radius 3 is 2.83 bits per heavy atom. The molecule has 18 heavy (non-hydrogen) atoms. The van der Waals surface area contributed by atoms with E-state index in [2.05, 4.69) is 5.32 Å². The van der Waals surface area contributed by atoms with Crippen LogP contribution in [0.3, 0.4) is 0 Å². The van der Waals surface area contributed by atoms with Gasteiger partial charge in [0, 0.05) is 6.54 Å². The van der Waals surface area contributed by atoms with Crippen molar-refractivity contribution in [1.29, 1.82) is 0 Å². The highest BCUT2D eigenvalue weighted by molar-refractivity contribution is 5.73. The molecule has 1 rings (SSSR count). The number of para-hydroxylation sites is 1. The zero-order chi connectivity index (χ0) is 13.4. The third-order valence-corrected chi connectivity index (χ3v) is 2.46. The van der Waals surface area contributed by atoms with Crippen LogP contribution in [0.25, 0.3) is 0 Å². The van der Waals surface area contributed by atoms with E-state index in [-0.39, 0.29) is 12.4 Å². The molecule has 0 radical (unpaired) electrons. The van der Waals surface area contributed by atoms with Crippen LogP contribution >= 0.6 is 0 Å². The number of nitrogens with one attached hydrogen (secondary N) is 1. The van der Waals surface area contributed by atoms with Crippen molar-refractivity contribution in [1.82, 2.24) is 5.32 Å². The molecule has 5 heteroatoms. The maximum absolute atomic E-state index is 13.2. The predicted octanol–water partition coefficient (Wildman–Crippen LogP) is 2.05. The van der Waals surface area contributed by atoms with Crippen LogP contribution in [0, 0.1) is 5.82 Å². The second-order valence-electron chi connectivity index (χ2n) is 3.91. The molecular weight excluding hydrogens is 237 g/mol. The van der Waals surface area contributed by atoms with E-state index in [1.807, 2.05) is 6.92 Å². The normalized spacial score (nSPS) is 12.1. The molecule has 0 amide bonds. The molecule has 4 nitrogen and oxygen atoms in total. The Hall–Kier alpha value is -1.62. The molecule has 0 aromatic heterocycles. The Labute approximate surface area is 106 Å². The fraction of sp³-hybridized carbons (Fsp3) is 0.462. The Morgan fingerprint density at radius 2 is 2.22 bits per heavy atom. The first kappa shape index (κ1) is 14.4. The van der Waals surface area contributed by atoms with E-state index in [0.717, 1.165) is 6.42 Å². The second kappa shape index (κ2) is 7.66. The number of carbonyl (C=O) groups is 1. The van der Waals surface area contributed by atoms with Gasteiger partial charge in [-0.15, -0.1) is 0 Å². The van der Waals surface area contributed by atoms with Gasteiger partial charge in [-0.3, -0.25) is 4.79 Å². The van der Waals surface area contributed by atoms with E-state index in [1.54, 1.807) is 12.1 Å². The molecule has 0 aliphatic rings. The number of carboxylic acid groups (broad SMARTS) is 1. The van der Waals surface area contributed by atoms with E-state index in [4.69, 9.17) is 9.84 Å². The minimum absolute atomic E-state index is 0.182. The lowest BCUT2D eigenvalue weighted by atomic mass is 10.2. The summed E-state index contributed by atoms with van der Waals surface area (Å²) >= 11 is 0. The van der Waals surface area contributed by atoms with Crippen LogP contribution in [0.5, 0.6) is 5.75 Å². The van der Waals surface area contributed by atoms with Gasteiger partial charge in [0.05, 0.1) is 0 Å². The molecule has 0 saturated carbocycles. The van der Waals surface area contributed by atoms with E-state index < -0.39 is 17.8 Å². The van der Waals surface area contributed by atoms with Gasteiger partial charge in [-0.2, -0.15) is 0 Å². The van der Waals surface area contributed by atoms with Crippen LogP contribution in [0.1, 0.15) is 19.8 Å². The standard InChI is InChI=1S/C13H18FNO3/c1-2-5-11(13(16)17)15-8-9-18-12-7-4-3-6-10(12)14/h3-4,6-7,11,15H,2,5,8-9H2,1H3,(H,16,17). The highest BCUT2D eigenvalue weighted by atomic mass is 19.1. The lowest BCUT2D eigenvalue weighted by Gasteiger charge is -2.13. The van der Waals surface area contributed by atoms with Gasteiger partial charge in [-0.05, 0) is 18.6 Å². The van der Waals surface area contributed by atoms with Crippen LogP contribution in [0.15, 0.2) is 24.3 Å². The number of rotatable bonds is 8. The fourth-order valence-electron chi connectivity index (χ4n) is 1.56. The number of benzene rings is 1. The smallest absolute Gasteiger partial charge is 0.320 e. The number of hydrogen-bond acceptors (Lipinski definition) is 3. The van der Waals surface area contributed by atoms with Crippen molar-refractivity contribution < 1.29 is 19.0 Å². The van der Waals surface area contributed by atoms with Crippen molar-refractivity contribution in [2.75, 3.05) is 13.2 Å². The summed E-state index contributed by atoms with van der Waals surface area (Å²) in [6.07, 6.45) is 1.35. The zero-order valence-corrected chi connectivity index (χ0v) is 10.4. The molecule has 100 valence electrons. The third kappa shape index (κ3) is 4.71. The van der Waals surface area contributed by atoms with E-state index in [0.29, 0.717) is 13.0 Å². The Bertz CT molecular complexity index is 384. The van der Waals surface area contributed by atoms with Gasteiger partial charge in [0.1, 0.15) is 12.6 Å². The summed E-state index contributed by atoms with van der Waals surface area (Å²) in [6, 6.07) is 5.56. The Morgan fingerprint density at radius 1 is 1.50 bits per heavy atom. The molecular formula is C13H18FNO3. The number of ether oxygens (including phenoxy) is 1. The fourth-order valence-corrected chi connectivity index (χ4v) is 1.56. The highest BCUT2D eigenvalue weighted by Crippen LogP contribution is 2.14. The molecule has 0 aliphatic heterocycles. The van der Waals surface area contributed by atoms with Crippen molar-refractivity contribution in [3.8, 4) is 5.75 Å². The summed E-state index contributed by atoms with van der Waals surface area (Å²) in [5.74, 6) is -1.11. The molecule has 0 saturated heterocycles. The molecule has 1 atom stereocenters. The summed E-state index contributed by atoms with van der Waals surface area (Å²) in [5.41, 5.74) is 0. The van der Waals surface area contributed by atoms with Gasteiger partial charge >= 0.3 is 5.97 Å². The van der Waals surface area contributed by atoms with Crippen molar-refractivity contribution in [3.63, 3.8) is 0 Å². The topological polar surface area (TPSA) is 58.6 Å². The zero-order valence-electron chi connectivity index (χ0n) is 10.4. The summed E-state index contributed by atoms with van der Waals surface area (Å²) in [7, 11) is 0. The molecule has 1 unspecified atom stereocenters. The van der Waals surface area contributed by atoms with E-state index in [1.165, 1.54) is 12.1 Å². The SMILES string of the molecule is CCCC(NCCOc1ccccc1F)C(=O)O. The monoisotopic (exact) mass is 255 g/mol. The van der Waals surface area contributed by atoms with Crippen molar-refractivity contribution >= 4 is 5.97 Å². The van der Waals surface area contributed by atoms with Crippen molar-refractivity contribution in [2.45, 2.75) is 25.8 Å². The van der Waals surface area contributed by atoms with E-state index >= 15 is 0 Å². The largest absolute Gasteiger partial charge is 0.489 e. The van der Waals surface area contributed by atoms with Gasteiger partial charge in [-0.25, -0.2) is 4.39 Å². The van der Waals surface area contributed by atoms with Crippen LogP contribution < -0.4 is 10.1 Å². The molecule has 0 heterocycles. The molecule has 1 aromatic carbocycles. The maximum Gasteiger partial charge on any atom is 0.320 e. The maximum atomic E-state index is 13.2. The van der Waals surface area contributed by atoms with Gasteiger partial charge in [0.15, 0.2) is 11.6 Å². The molecule has 0 fully saturated rings. The quantitative estimate of drug-likeness (QED) is 0.698. The minimum Gasteiger partial charge on any atom is -0.489 e. The van der Waals surface area contributed by atoms with Crippen LogP contribution in [0.4, 0.5) is 4.39 Å². The molecule has 2 N–H and O–H groups in total. The summed E-state index contributed by atoms with van der Waals surface area (Å²) in [6.45, 7) is 2.52. The molecule has 0 spiro atoms. The summed E-state index contributed by atoms with van der Waals surface area (Å²) in [4.78, 5) is 10.8. The lowest BCUT2D eigenvalue weighted by molar-refractivity contribution is -0.139. The number of hydrogen-bond donors (Lipinski definition) is 2. The Balaban J connectivity index is 2.30. The first-order valence-electron chi connectivity index (χ1n) is 5.98. The number of carboxylic acids is 1. The van der Waals surface area contributed by atoms with Gasteiger partial charge in [0.25, 0.3) is 0 Å². The van der Waals surface area contributed by atoms with Crippen molar-refractivity contribution in [2.24, 2.45) is 0 Å². The third-order valence-electron chi connectivity index (χ3n) is 2.46. The van der Waals surface area contributed by atoms with Gasteiger partial charge < -0.3 is 15.2 Å². The highest BCUT2D eigenvalue weighted by Gasteiger charge is 2.14. The van der Waals surface area contributed by atoms with Crippen LogP contribution in [0.2, 0.25) is 0 Å².